The van der Waals surface area contributed by atoms with Crippen molar-refractivity contribution < 1.29 is 4.79 Å². The normalized spacial score (nSPS) is 11.0. The number of aromatic nitrogens is 3. The van der Waals surface area contributed by atoms with Gasteiger partial charge in [-0.1, -0.05) is 0 Å². The van der Waals surface area contributed by atoms with Crippen LogP contribution in [0.25, 0.3) is 6.08 Å². The Morgan fingerprint density at radius 1 is 1.38 bits per heavy atom. The molecular weight excluding hydrogens is 292 g/mol. The maximum absolute atomic E-state index is 11.9. The lowest BCUT2D eigenvalue weighted by Crippen LogP contribution is -2.37. The van der Waals surface area contributed by atoms with Gasteiger partial charge in [-0.3, -0.25) is 19.5 Å². The molecule has 0 fully saturated rings. The molecule has 0 saturated heterocycles. The summed E-state index contributed by atoms with van der Waals surface area (Å²) < 4.78 is 2.27. The van der Waals surface area contributed by atoms with Crippen molar-refractivity contribution in [2.45, 2.75) is 6.92 Å². The zero-order chi connectivity index (χ0) is 15.6. The molecule has 0 bridgehead atoms. The Kier molecular flexibility index (Phi) is 4.18. The van der Waals surface area contributed by atoms with Gasteiger partial charge in [-0.25, -0.2) is 9.78 Å². The smallest absolute Gasteiger partial charge is 0.303 e. The third kappa shape index (κ3) is 3.34. The number of anilines is 1. The van der Waals surface area contributed by atoms with Crippen LogP contribution in [0.2, 0.25) is 0 Å². The quantitative estimate of drug-likeness (QED) is 0.837. The van der Waals surface area contributed by atoms with Gasteiger partial charge in [0.1, 0.15) is 0 Å². The molecule has 1 amide bonds. The van der Waals surface area contributed by atoms with Crippen molar-refractivity contribution in [3.8, 4) is 0 Å². The molecule has 21 heavy (non-hydrogen) atoms. The zero-order valence-electron chi connectivity index (χ0n) is 11.8. The maximum Gasteiger partial charge on any atom is 0.330 e. The van der Waals surface area contributed by atoms with E-state index in [2.05, 4.69) is 10.3 Å². The van der Waals surface area contributed by atoms with Crippen LogP contribution >= 0.6 is 11.3 Å². The van der Waals surface area contributed by atoms with E-state index in [0.29, 0.717) is 5.13 Å². The van der Waals surface area contributed by atoms with Gasteiger partial charge in [0.15, 0.2) is 5.13 Å². The highest BCUT2D eigenvalue weighted by molar-refractivity contribution is 7.15. The highest BCUT2D eigenvalue weighted by atomic mass is 32.1. The average molecular weight is 306 g/mol. The molecule has 2 heterocycles. The molecule has 0 unspecified atom stereocenters. The van der Waals surface area contributed by atoms with Crippen molar-refractivity contribution in [2.24, 2.45) is 14.1 Å². The van der Waals surface area contributed by atoms with E-state index in [9.17, 15) is 14.4 Å². The fraction of sp³-hybridized carbons (Fsp3) is 0.231. The number of hydrogen-bond acceptors (Lipinski definition) is 5. The number of aryl methyl sites for hydroxylation is 2. The highest BCUT2D eigenvalue weighted by Crippen LogP contribution is 2.16. The van der Waals surface area contributed by atoms with Crippen molar-refractivity contribution >= 4 is 28.5 Å². The summed E-state index contributed by atoms with van der Waals surface area (Å²) in [6.45, 7) is 1.89. The Morgan fingerprint density at radius 2 is 2.10 bits per heavy atom. The van der Waals surface area contributed by atoms with Crippen LogP contribution in [-0.4, -0.2) is 20.0 Å². The van der Waals surface area contributed by atoms with E-state index in [1.165, 1.54) is 48.3 Å². The van der Waals surface area contributed by atoms with Crippen LogP contribution in [0.4, 0.5) is 5.13 Å². The van der Waals surface area contributed by atoms with Crippen LogP contribution in [0, 0.1) is 6.92 Å². The fourth-order valence-electron chi connectivity index (χ4n) is 1.68. The number of thiazole rings is 1. The van der Waals surface area contributed by atoms with Crippen LogP contribution in [0.3, 0.4) is 0 Å². The van der Waals surface area contributed by atoms with E-state index in [1.807, 2.05) is 6.92 Å². The van der Waals surface area contributed by atoms with Crippen LogP contribution < -0.4 is 16.6 Å². The number of nitrogens with one attached hydrogen (secondary N) is 1. The number of hydrogen-bond donors (Lipinski definition) is 1. The summed E-state index contributed by atoms with van der Waals surface area (Å²) in [5, 5.41) is 3.09. The van der Waals surface area contributed by atoms with Crippen molar-refractivity contribution in [3.63, 3.8) is 0 Å². The molecular formula is C13H14N4O3S. The molecule has 2 rings (SSSR count). The van der Waals surface area contributed by atoms with E-state index in [0.717, 1.165) is 9.44 Å². The lowest BCUT2D eigenvalue weighted by molar-refractivity contribution is -0.111. The minimum Gasteiger partial charge on any atom is -0.303 e. The van der Waals surface area contributed by atoms with Gasteiger partial charge in [-0.2, -0.15) is 0 Å². The Balaban J connectivity index is 2.20. The minimum absolute atomic E-state index is 0.255. The predicted octanol–water partition coefficient (Wildman–Crippen LogP) is 0.501. The zero-order valence-corrected chi connectivity index (χ0v) is 12.6. The first-order chi connectivity index (χ1) is 9.88. The Bertz CT molecular complexity index is 829. The molecule has 0 saturated carbocycles. The van der Waals surface area contributed by atoms with Gasteiger partial charge in [0.05, 0.1) is 5.56 Å². The number of amides is 1. The molecule has 0 radical (unpaired) electrons. The van der Waals surface area contributed by atoms with Gasteiger partial charge in [-0.05, 0) is 13.0 Å². The Labute approximate surface area is 124 Å². The second-order valence-electron chi connectivity index (χ2n) is 4.44. The summed E-state index contributed by atoms with van der Waals surface area (Å²) in [7, 11) is 2.93. The molecule has 7 nitrogen and oxygen atoms in total. The van der Waals surface area contributed by atoms with Crippen molar-refractivity contribution in [1.29, 1.82) is 0 Å². The van der Waals surface area contributed by atoms with Gasteiger partial charge in [0, 0.05) is 37.4 Å². The molecule has 0 aliphatic rings. The van der Waals surface area contributed by atoms with E-state index < -0.39 is 11.2 Å². The number of carbonyl (C=O) groups excluding carboxylic acids is 1. The van der Waals surface area contributed by atoms with Gasteiger partial charge < -0.3 is 4.57 Å². The Hall–Kier alpha value is -2.48. The molecule has 0 aliphatic heterocycles. The largest absolute Gasteiger partial charge is 0.330 e. The van der Waals surface area contributed by atoms with E-state index in [4.69, 9.17) is 0 Å². The lowest BCUT2D eigenvalue weighted by atomic mass is 10.3. The van der Waals surface area contributed by atoms with Crippen LogP contribution in [0.5, 0.6) is 0 Å². The average Bonchev–Trinajstić information content (AvgIpc) is 2.84. The SMILES string of the molecule is Cc1cnc(NC(=O)/C=C/c2cn(C)c(=O)n(C)c2=O)s1. The standard InChI is InChI=1S/C13H14N4O3S/c1-8-6-14-12(21-8)15-10(18)5-4-9-7-16(2)13(20)17(3)11(9)19/h4-7H,1-3H3,(H,14,15,18)/b5-4+. The third-order valence-electron chi connectivity index (χ3n) is 2.74. The summed E-state index contributed by atoms with van der Waals surface area (Å²) in [6.07, 6.45) is 5.66. The molecule has 8 heteroatoms. The van der Waals surface area contributed by atoms with Crippen LogP contribution in [-0.2, 0) is 18.9 Å². The number of nitrogens with zero attached hydrogens (tertiary/aromatic N) is 3. The summed E-state index contributed by atoms with van der Waals surface area (Å²) in [5.74, 6) is -0.389. The topological polar surface area (TPSA) is 86.0 Å². The summed E-state index contributed by atoms with van der Waals surface area (Å²) in [4.78, 5) is 40.1. The summed E-state index contributed by atoms with van der Waals surface area (Å²) >= 11 is 1.36. The molecule has 2 aromatic heterocycles. The first-order valence-electron chi connectivity index (χ1n) is 6.06. The first-order valence-corrected chi connectivity index (χ1v) is 6.88. The van der Waals surface area contributed by atoms with Gasteiger partial charge in [-0.15, -0.1) is 11.3 Å². The van der Waals surface area contributed by atoms with Gasteiger partial charge >= 0.3 is 5.69 Å². The second-order valence-corrected chi connectivity index (χ2v) is 5.68. The van der Waals surface area contributed by atoms with E-state index in [-0.39, 0.29) is 11.5 Å². The molecule has 0 aliphatic carbocycles. The second kappa shape index (κ2) is 5.88. The van der Waals surface area contributed by atoms with Gasteiger partial charge in [0.25, 0.3) is 5.56 Å². The van der Waals surface area contributed by atoms with Crippen molar-refractivity contribution in [1.82, 2.24) is 14.1 Å². The van der Waals surface area contributed by atoms with Crippen molar-refractivity contribution in [3.05, 3.63) is 49.7 Å². The van der Waals surface area contributed by atoms with Gasteiger partial charge in [0.2, 0.25) is 5.91 Å². The fourth-order valence-corrected chi connectivity index (χ4v) is 2.34. The molecule has 0 atom stereocenters. The summed E-state index contributed by atoms with van der Waals surface area (Å²) in [5.41, 5.74) is -0.614. The van der Waals surface area contributed by atoms with Crippen LogP contribution in [0.15, 0.2) is 28.1 Å². The molecule has 0 spiro atoms. The minimum atomic E-state index is -0.452. The molecule has 0 aromatic carbocycles. The highest BCUT2D eigenvalue weighted by Gasteiger charge is 2.05. The molecule has 2 aromatic rings. The van der Waals surface area contributed by atoms with E-state index in [1.54, 1.807) is 6.20 Å². The summed E-state index contributed by atoms with van der Waals surface area (Å²) in [6, 6.07) is 0. The Morgan fingerprint density at radius 3 is 2.71 bits per heavy atom. The van der Waals surface area contributed by atoms with Crippen molar-refractivity contribution in [2.75, 3.05) is 5.32 Å². The third-order valence-corrected chi connectivity index (χ3v) is 3.57. The number of rotatable bonds is 3. The van der Waals surface area contributed by atoms with Crippen LogP contribution in [0.1, 0.15) is 10.4 Å². The number of carbonyl (C=O) groups is 1. The predicted molar refractivity (Wildman–Crippen MR) is 81.4 cm³/mol. The van der Waals surface area contributed by atoms with E-state index >= 15 is 0 Å². The molecule has 110 valence electrons. The maximum atomic E-state index is 11.9. The monoisotopic (exact) mass is 306 g/mol. The molecule has 1 N–H and O–H groups in total. The first kappa shape index (κ1) is 14.9. The lowest BCUT2D eigenvalue weighted by Gasteiger charge is -2.03.